The molecular weight excluding hydrogens is 566 g/mol. The van der Waals surface area contributed by atoms with Crippen molar-refractivity contribution in [2.45, 2.75) is 19.5 Å². The number of aromatic nitrogens is 2. The molecule has 1 amide bonds. The molecule has 36 heavy (non-hydrogen) atoms. The molecule has 184 valence electrons. The Hall–Kier alpha value is -2.71. The first-order valence-corrected chi connectivity index (χ1v) is 13.0. The van der Waals surface area contributed by atoms with Gasteiger partial charge in [0.25, 0.3) is 0 Å². The maximum absolute atomic E-state index is 14.5. The van der Waals surface area contributed by atoms with Crippen molar-refractivity contribution in [1.82, 2.24) is 19.8 Å². The van der Waals surface area contributed by atoms with Crippen LogP contribution in [-0.2, 0) is 19.5 Å². The summed E-state index contributed by atoms with van der Waals surface area (Å²) in [4.78, 5) is 19.6. The van der Waals surface area contributed by atoms with Gasteiger partial charge in [-0.05, 0) is 69.0 Å². The molecule has 0 spiro atoms. The molecule has 1 aliphatic heterocycles. The lowest BCUT2D eigenvalue weighted by Gasteiger charge is -2.27. The summed E-state index contributed by atoms with van der Waals surface area (Å²) in [5, 5.41) is 4.88. The van der Waals surface area contributed by atoms with Crippen molar-refractivity contribution in [2.75, 3.05) is 13.1 Å². The van der Waals surface area contributed by atoms with Crippen molar-refractivity contribution >= 4 is 62.1 Å². The molecule has 3 heterocycles. The number of hydrogen-bond acceptors (Lipinski definition) is 3. The summed E-state index contributed by atoms with van der Waals surface area (Å²) in [6.07, 6.45) is 6.46. The first-order chi connectivity index (χ1) is 17.4. The number of hydrogen-bond donors (Lipinski definition) is 1. The summed E-state index contributed by atoms with van der Waals surface area (Å²) in [6.45, 7) is 2.49. The van der Waals surface area contributed by atoms with Crippen LogP contribution in [0.15, 0.2) is 65.3 Å². The summed E-state index contributed by atoms with van der Waals surface area (Å²) < 4.78 is 16.5. The topological polar surface area (TPSA) is 50.2 Å². The fraction of sp³-hybridized carbons (Fsp3) is 0.185. The van der Waals surface area contributed by atoms with E-state index in [2.05, 4.69) is 43.3 Å². The molecule has 0 aliphatic carbocycles. The third kappa shape index (κ3) is 5.34. The Morgan fingerprint density at radius 1 is 1.17 bits per heavy atom. The number of nitrogens with one attached hydrogen (secondary N) is 1. The molecule has 0 radical (unpaired) electrons. The lowest BCUT2D eigenvalue weighted by atomic mass is 10.0. The zero-order valence-electron chi connectivity index (χ0n) is 19.1. The van der Waals surface area contributed by atoms with Crippen LogP contribution < -0.4 is 5.32 Å². The maximum atomic E-state index is 14.5. The van der Waals surface area contributed by atoms with E-state index >= 15 is 0 Å². The van der Waals surface area contributed by atoms with Gasteiger partial charge in [0.15, 0.2) is 0 Å². The lowest BCUT2D eigenvalue weighted by molar-refractivity contribution is 0.240. The van der Waals surface area contributed by atoms with E-state index in [1.54, 1.807) is 29.0 Å². The average Bonchev–Trinajstić information content (AvgIpc) is 3.16. The molecule has 0 fully saturated rings. The number of fused-ring (bicyclic) bond motifs is 3. The molecule has 0 unspecified atom stereocenters. The highest BCUT2D eigenvalue weighted by Gasteiger charge is 2.27. The molecular formula is C27H22BrCl2FN4O. The van der Waals surface area contributed by atoms with E-state index in [0.717, 1.165) is 40.9 Å². The van der Waals surface area contributed by atoms with Crippen LogP contribution in [0.25, 0.3) is 17.0 Å². The van der Waals surface area contributed by atoms with Crippen molar-refractivity contribution in [1.29, 1.82) is 0 Å². The quantitative estimate of drug-likeness (QED) is 0.254. The van der Waals surface area contributed by atoms with Crippen LogP contribution in [0.2, 0.25) is 10.2 Å². The average molecular weight is 588 g/mol. The zero-order chi connectivity index (χ0) is 25.2. The molecule has 1 N–H and O–H groups in total. The number of benzene rings is 2. The summed E-state index contributed by atoms with van der Waals surface area (Å²) >= 11 is 15.2. The highest BCUT2D eigenvalue weighted by Crippen LogP contribution is 2.34. The molecule has 2 aromatic heterocycles. The van der Waals surface area contributed by atoms with Crippen LogP contribution in [0.1, 0.15) is 22.4 Å². The Kier molecular flexibility index (Phi) is 7.44. The van der Waals surface area contributed by atoms with Gasteiger partial charge < -0.3 is 5.32 Å². The SMILES string of the molecule is O=C(NCc1ccnc(Cl)c1)n1c2c(c3cc(Br)c(F)cc31)CN(C/C=C/c1ccc(Cl)cc1)CC2. The number of carbonyl (C=O) groups is 1. The third-order valence-corrected chi connectivity index (χ3v) is 7.32. The number of pyridine rings is 1. The summed E-state index contributed by atoms with van der Waals surface area (Å²) in [5.41, 5.74) is 4.43. The molecule has 0 saturated carbocycles. The number of amides is 1. The van der Waals surface area contributed by atoms with Gasteiger partial charge in [-0.2, -0.15) is 0 Å². The van der Waals surface area contributed by atoms with E-state index in [1.165, 1.54) is 6.07 Å². The van der Waals surface area contributed by atoms with Gasteiger partial charge >= 0.3 is 6.03 Å². The Balaban J connectivity index is 1.40. The van der Waals surface area contributed by atoms with Gasteiger partial charge in [-0.25, -0.2) is 14.2 Å². The third-order valence-electron chi connectivity index (χ3n) is 6.25. The van der Waals surface area contributed by atoms with Crippen molar-refractivity contribution in [2.24, 2.45) is 0 Å². The molecule has 5 rings (SSSR count). The van der Waals surface area contributed by atoms with Gasteiger partial charge in [0, 0.05) is 54.9 Å². The first-order valence-electron chi connectivity index (χ1n) is 11.4. The van der Waals surface area contributed by atoms with Crippen molar-refractivity contribution in [3.63, 3.8) is 0 Å². The zero-order valence-corrected chi connectivity index (χ0v) is 22.2. The molecule has 0 atom stereocenters. The minimum Gasteiger partial charge on any atom is -0.333 e. The van der Waals surface area contributed by atoms with E-state index < -0.39 is 5.82 Å². The van der Waals surface area contributed by atoms with Crippen LogP contribution >= 0.6 is 39.1 Å². The second-order valence-electron chi connectivity index (χ2n) is 8.63. The minimum absolute atomic E-state index is 0.288. The molecule has 0 bridgehead atoms. The lowest BCUT2D eigenvalue weighted by Crippen LogP contribution is -2.34. The van der Waals surface area contributed by atoms with Gasteiger partial charge in [-0.15, -0.1) is 0 Å². The monoisotopic (exact) mass is 586 g/mol. The highest BCUT2D eigenvalue weighted by atomic mass is 79.9. The number of carbonyl (C=O) groups excluding carboxylic acids is 1. The largest absolute Gasteiger partial charge is 0.333 e. The Bertz CT molecular complexity index is 1470. The van der Waals surface area contributed by atoms with Gasteiger partial charge in [0.05, 0.1) is 9.99 Å². The van der Waals surface area contributed by atoms with Gasteiger partial charge in [-0.1, -0.05) is 47.5 Å². The summed E-state index contributed by atoms with van der Waals surface area (Å²) in [5.74, 6) is -0.407. The second-order valence-corrected chi connectivity index (χ2v) is 10.3. The van der Waals surface area contributed by atoms with Crippen molar-refractivity contribution < 1.29 is 9.18 Å². The normalized spacial score (nSPS) is 13.9. The number of nitrogens with zero attached hydrogens (tertiary/aromatic N) is 3. The van der Waals surface area contributed by atoms with E-state index in [9.17, 15) is 9.18 Å². The number of rotatable bonds is 5. The standard InChI is InChI=1S/C27H22BrCl2FN4O/c28-22-13-20-21-16-34(10-1-2-17-3-5-19(29)6-4-17)11-8-24(21)35(25(20)14-23(22)31)27(36)33-15-18-7-9-32-26(30)12-18/h1-7,9,12-14H,8,10-11,15-16H2,(H,33,36)/b2-1+. The van der Waals surface area contributed by atoms with Crippen molar-refractivity contribution in [3.05, 3.63) is 104 Å². The van der Waals surface area contributed by atoms with Gasteiger partial charge in [0.2, 0.25) is 0 Å². The predicted molar refractivity (Wildman–Crippen MR) is 146 cm³/mol. The number of halogens is 4. The van der Waals surface area contributed by atoms with Gasteiger partial charge in [-0.3, -0.25) is 9.47 Å². The first kappa shape index (κ1) is 25.0. The van der Waals surface area contributed by atoms with Crippen molar-refractivity contribution in [3.8, 4) is 0 Å². The fourth-order valence-corrected chi connectivity index (χ4v) is 5.18. The summed E-state index contributed by atoms with van der Waals surface area (Å²) in [6, 6.07) is 14.1. The predicted octanol–water partition coefficient (Wildman–Crippen LogP) is 7.07. The van der Waals surface area contributed by atoms with Crippen LogP contribution in [-0.4, -0.2) is 33.6 Å². The molecule has 9 heteroatoms. The molecule has 1 aliphatic rings. The van der Waals surface area contributed by atoms with Gasteiger partial charge in [0.1, 0.15) is 11.0 Å². The van der Waals surface area contributed by atoms with Crippen LogP contribution in [0.3, 0.4) is 0 Å². The smallest absolute Gasteiger partial charge is 0.326 e. The van der Waals surface area contributed by atoms with E-state index in [1.807, 2.05) is 24.3 Å². The minimum atomic E-state index is -0.407. The molecule has 5 nitrogen and oxygen atoms in total. The van der Waals surface area contributed by atoms with E-state index in [-0.39, 0.29) is 12.6 Å². The second kappa shape index (κ2) is 10.7. The maximum Gasteiger partial charge on any atom is 0.326 e. The van der Waals surface area contributed by atoms with Crippen LogP contribution in [0.5, 0.6) is 0 Å². The fourth-order valence-electron chi connectivity index (χ4n) is 4.51. The molecule has 4 aromatic rings. The Morgan fingerprint density at radius 2 is 1.97 bits per heavy atom. The molecule has 0 saturated heterocycles. The van der Waals surface area contributed by atoms with Crippen LogP contribution in [0.4, 0.5) is 9.18 Å². The van der Waals surface area contributed by atoms with Crippen LogP contribution in [0, 0.1) is 5.82 Å². The highest BCUT2D eigenvalue weighted by molar-refractivity contribution is 9.10. The Labute approximate surface area is 226 Å². The summed E-state index contributed by atoms with van der Waals surface area (Å²) in [7, 11) is 0. The Morgan fingerprint density at radius 3 is 2.75 bits per heavy atom. The van der Waals surface area contributed by atoms with E-state index in [0.29, 0.717) is 33.1 Å². The molecule has 2 aromatic carbocycles. The van der Waals surface area contributed by atoms with E-state index in [4.69, 9.17) is 23.2 Å².